The third-order valence-electron chi connectivity index (χ3n) is 3.10. The smallest absolute Gasteiger partial charge is 0.307 e. The molecule has 0 unspecified atom stereocenters. The van der Waals surface area contributed by atoms with Crippen molar-refractivity contribution in [3.8, 4) is 11.5 Å². The highest BCUT2D eigenvalue weighted by molar-refractivity contribution is 9.11. The van der Waals surface area contributed by atoms with E-state index in [2.05, 4.69) is 31.9 Å². The van der Waals surface area contributed by atoms with Gasteiger partial charge in [-0.3, -0.25) is 9.59 Å². The number of carbonyl (C=O) groups is 1. The van der Waals surface area contributed by atoms with Gasteiger partial charge in [0.25, 0.3) is 5.56 Å². The fourth-order valence-electron chi connectivity index (χ4n) is 2.05. The minimum Gasteiger partial charge on any atom is -0.481 e. The summed E-state index contributed by atoms with van der Waals surface area (Å²) in [6, 6.07) is 6.48. The van der Waals surface area contributed by atoms with Gasteiger partial charge in [0.05, 0.1) is 21.6 Å². The monoisotopic (exact) mass is 443 g/mol. The van der Waals surface area contributed by atoms with Crippen LogP contribution in [0.1, 0.15) is 25.5 Å². The number of rotatable bonds is 5. The number of ether oxygens (including phenoxy) is 1. The van der Waals surface area contributed by atoms with E-state index in [0.29, 0.717) is 26.0 Å². The topological polar surface area (TPSA) is 68.5 Å². The van der Waals surface area contributed by atoms with Crippen LogP contribution >= 0.6 is 31.9 Å². The van der Waals surface area contributed by atoms with E-state index in [4.69, 9.17) is 9.84 Å². The minimum absolute atomic E-state index is 0.0240. The van der Waals surface area contributed by atoms with Crippen LogP contribution in [0, 0.1) is 0 Å². The highest BCUT2D eigenvalue weighted by atomic mass is 79.9. The van der Waals surface area contributed by atoms with Gasteiger partial charge in [0, 0.05) is 12.1 Å². The standard InChI is InChI=1S/C16H15Br2NO4/c1-9(2)19-8-11(3-4-14(19)20)23-16-12(17)5-10(6-13(16)18)7-15(21)22/h3-6,8-9H,7H2,1-2H3,(H,21,22). The molecular weight excluding hydrogens is 430 g/mol. The molecule has 0 spiro atoms. The first-order valence-corrected chi connectivity index (χ1v) is 8.46. The number of hydrogen-bond donors (Lipinski definition) is 1. The van der Waals surface area contributed by atoms with Crippen molar-refractivity contribution in [2.24, 2.45) is 0 Å². The van der Waals surface area contributed by atoms with Crippen molar-refractivity contribution >= 4 is 37.8 Å². The maximum absolute atomic E-state index is 11.8. The van der Waals surface area contributed by atoms with Crippen LogP contribution in [0.3, 0.4) is 0 Å². The Bertz CT molecular complexity index is 776. The van der Waals surface area contributed by atoms with Gasteiger partial charge in [-0.25, -0.2) is 0 Å². The molecule has 0 aliphatic carbocycles. The Morgan fingerprint density at radius 1 is 1.26 bits per heavy atom. The lowest BCUT2D eigenvalue weighted by Crippen LogP contribution is -2.19. The van der Waals surface area contributed by atoms with Gasteiger partial charge >= 0.3 is 5.97 Å². The average molecular weight is 445 g/mol. The normalized spacial score (nSPS) is 10.8. The second-order valence-electron chi connectivity index (χ2n) is 5.27. The van der Waals surface area contributed by atoms with Crippen molar-refractivity contribution < 1.29 is 14.6 Å². The van der Waals surface area contributed by atoms with Crippen LogP contribution in [0.15, 0.2) is 44.2 Å². The molecule has 0 radical (unpaired) electrons. The Balaban J connectivity index is 2.35. The quantitative estimate of drug-likeness (QED) is 0.743. The Hall–Kier alpha value is -1.60. The summed E-state index contributed by atoms with van der Waals surface area (Å²) in [7, 11) is 0. The molecule has 122 valence electrons. The van der Waals surface area contributed by atoms with Crippen molar-refractivity contribution in [1.82, 2.24) is 4.57 Å². The number of aliphatic carboxylic acids is 1. The molecule has 2 rings (SSSR count). The van der Waals surface area contributed by atoms with Gasteiger partial charge in [-0.1, -0.05) is 0 Å². The lowest BCUT2D eigenvalue weighted by Gasteiger charge is -2.14. The third kappa shape index (κ3) is 4.45. The molecule has 0 amide bonds. The first-order valence-electron chi connectivity index (χ1n) is 6.87. The van der Waals surface area contributed by atoms with Gasteiger partial charge in [0.1, 0.15) is 5.75 Å². The first-order chi connectivity index (χ1) is 10.8. The maximum atomic E-state index is 11.8. The number of aromatic nitrogens is 1. The summed E-state index contributed by atoms with van der Waals surface area (Å²) in [5, 5.41) is 8.87. The molecule has 0 aliphatic rings. The van der Waals surface area contributed by atoms with E-state index in [9.17, 15) is 9.59 Å². The van der Waals surface area contributed by atoms with Crippen molar-refractivity contribution in [1.29, 1.82) is 0 Å². The SMILES string of the molecule is CC(C)n1cc(Oc2c(Br)cc(CC(=O)O)cc2Br)ccc1=O. The summed E-state index contributed by atoms with van der Waals surface area (Å²) >= 11 is 6.78. The number of benzene rings is 1. The lowest BCUT2D eigenvalue weighted by atomic mass is 10.1. The summed E-state index contributed by atoms with van der Waals surface area (Å²) in [6.45, 7) is 3.83. The number of carboxylic acid groups (broad SMARTS) is 1. The van der Waals surface area contributed by atoms with Crippen LogP contribution < -0.4 is 10.3 Å². The Labute approximate surface area is 150 Å². The summed E-state index contributed by atoms with van der Waals surface area (Å²) in [6.07, 6.45) is 1.58. The molecule has 23 heavy (non-hydrogen) atoms. The molecule has 0 bridgehead atoms. The maximum Gasteiger partial charge on any atom is 0.307 e. The third-order valence-corrected chi connectivity index (χ3v) is 4.28. The number of halogens is 2. The molecular formula is C16H15Br2NO4. The van der Waals surface area contributed by atoms with Gasteiger partial charge < -0.3 is 14.4 Å². The highest BCUT2D eigenvalue weighted by Crippen LogP contribution is 2.37. The zero-order chi connectivity index (χ0) is 17.1. The van der Waals surface area contributed by atoms with E-state index in [1.165, 1.54) is 6.07 Å². The number of carboxylic acids is 1. The number of nitrogens with zero attached hydrogens (tertiary/aromatic N) is 1. The van der Waals surface area contributed by atoms with Crippen molar-refractivity contribution in [2.75, 3.05) is 0 Å². The van der Waals surface area contributed by atoms with Crippen LogP contribution in [-0.2, 0) is 11.2 Å². The van der Waals surface area contributed by atoms with E-state index < -0.39 is 5.97 Å². The van der Waals surface area contributed by atoms with E-state index in [1.54, 1.807) is 29.0 Å². The second-order valence-corrected chi connectivity index (χ2v) is 6.97. The Kier molecular flexibility index (Phi) is 5.64. The number of hydrogen-bond acceptors (Lipinski definition) is 3. The molecule has 0 saturated carbocycles. The molecule has 1 N–H and O–H groups in total. The molecule has 7 heteroatoms. The van der Waals surface area contributed by atoms with Crippen molar-refractivity contribution in [2.45, 2.75) is 26.3 Å². The van der Waals surface area contributed by atoms with Crippen LogP contribution in [0.4, 0.5) is 0 Å². The Morgan fingerprint density at radius 2 is 1.87 bits per heavy atom. The summed E-state index contributed by atoms with van der Waals surface area (Å²) in [5.41, 5.74) is 0.554. The van der Waals surface area contributed by atoms with Crippen molar-refractivity contribution in [3.63, 3.8) is 0 Å². The van der Waals surface area contributed by atoms with Gasteiger partial charge in [-0.2, -0.15) is 0 Å². The molecule has 0 atom stereocenters. The molecule has 2 aromatic rings. The first kappa shape index (κ1) is 17.7. The van der Waals surface area contributed by atoms with Gasteiger partial charge in [-0.15, -0.1) is 0 Å². The van der Waals surface area contributed by atoms with E-state index >= 15 is 0 Å². The molecule has 0 aliphatic heterocycles. The van der Waals surface area contributed by atoms with Crippen LogP contribution in [0.5, 0.6) is 11.5 Å². The molecule has 1 heterocycles. The van der Waals surface area contributed by atoms with Crippen LogP contribution in [0.25, 0.3) is 0 Å². The molecule has 1 aromatic heterocycles. The summed E-state index contributed by atoms with van der Waals surface area (Å²) in [4.78, 5) is 22.6. The van der Waals surface area contributed by atoms with E-state index in [-0.39, 0.29) is 18.0 Å². The van der Waals surface area contributed by atoms with E-state index in [0.717, 1.165) is 0 Å². The highest BCUT2D eigenvalue weighted by Gasteiger charge is 2.13. The zero-order valence-corrected chi connectivity index (χ0v) is 15.7. The Morgan fingerprint density at radius 3 is 2.39 bits per heavy atom. The largest absolute Gasteiger partial charge is 0.481 e. The lowest BCUT2D eigenvalue weighted by molar-refractivity contribution is -0.136. The predicted molar refractivity (Wildman–Crippen MR) is 94.3 cm³/mol. The van der Waals surface area contributed by atoms with Crippen molar-refractivity contribution in [3.05, 3.63) is 55.3 Å². The number of pyridine rings is 1. The molecule has 1 aromatic carbocycles. The second kappa shape index (κ2) is 7.31. The summed E-state index contributed by atoms with van der Waals surface area (Å²) in [5.74, 6) is 0.139. The van der Waals surface area contributed by atoms with E-state index in [1.807, 2.05) is 13.8 Å². The van der Waals surface area contributed by atoms with Gasteiger partial charge in [0.15, 0.2) is 5.75 Å². The summed E-state index contributed by atoms with van der Waals surface area (Å²) < 4.78 is 8.68. The fourth-order valence-corrected chi connectivity index (χ4v) is 3.49. The van der Waals surface area contributed by atoms with Crippen LogP contribution in [0.2, 0.25) is 0 Å². The predicted octanol–water partition coefficient (Wildman–Crippen LogP) is 4.37. The average Bonchev–Trinajstić information content (AvgIpc) is 2.43. The van der Waals surface area contributed by atoms with Gasteiger partial charge in [-0.05, 0) is 69.5 Å². The van der Waals surface area contributed by atoms with Crippen LogP contribution in [-0.4, -0.2) is 15.6 Å². The van der Waals surface area contributed by atoms with Gasteiger partial charge in [0.2, 0.25) is 0 Å². The molecule has 0 fully saturated rings. The minimum atomic E-state index is -0.901. The fraction of sp³-hybridized carbons (Fsp3) is 0.250. The zero-order valence-electron chi connectivity index (χ0n) is 12.5. The molecule has 5 nitrogen and oxygen atoms in total. The molecule has 0 saturated heterocycles.